The minimum atomic E-state index is -1.14. The van der Waals surface area contributed by atoms with Crippen LogP contribution in [0.3, 0.4) is 0 Å². The SMILES string of the molecule is COC(=O)C(=O)Nc1ccc(O[C@H]2CC[C@H](C(=O)OC)CC2)nc1F. The molecule has 0 aliphatic heterocycles. The summed E-state index contributed by atoms with van der Waals surface area (Å²) in [6, 6.07) is 2.64. The average molecular weight is 354 g/mol. The summed E-state index contributed by atoms with van der Waals surface area (Å²) in [7, 11) is 2.40. The van der Waals surface area contributed by atoms with E-state index in [1.807, 2.05) is 0 Å². The summed E-state index contributed by atoms with van der Waals surface area (Å²) in [4.78, 5) is 37.5. The lowest BCUT2D eigenvalue weighted by Gasteiger charge is -2.27. The molecule has 1 saturated carbocycles. The van der Waals surface area contributed by atoms with Crippen molar-refractivity contribution < 1.29 is 33.0 Å². The van der Waals surface area contributed by atoms with Crippen LogP contribution >= 0.6 is 0 Å². The van der Waals surface area contributed by atoms with E-state index >= 15 is 0 Å². The summed E-state index contributed by atoms with van der Waals surface area (Å²) in [6.45, 7) is 0. The highest BCUT2D eigenvalue weighted by molar-refractivity contribution is 6.37. The lowest BCUT2D eigenvalue weighted by Crippen LogP contribution is -2.29. The van der Waals surface area contributed by atoms with E-state index in [-0.39, 0.29) is 29.6 Å². The van der Waals surface area contributed by atoms with Crippen molar-refractivity contribution in [2.24, 2.45) is 5.92 Å². The van der Waals surface area contributed by atoms with Crippen molar-refractivity contribution in [2.75, 3.05) is 19.5 Å². The first kappa shape index (κ1) is 18.6. The van der Waals surface area contributed by atoms with Crippen molar-refractivity contribution in [3.63, 3.8) is 0 Å². The number of rotatable bonds is 4. The quantitative estimate of drug-likeness (QED) is 0.496. The molecule has 0 aromatic carbocycles. The van der Waals surface area contributed by atoms with Crippen LogP contribution in [0.25, 0.3) is 0 Å². The number of halogens is 1. The number of carbonyl (C=O) groups excluding carboxylic acids is 3. The second-order valence-corrected chi connectivity index (χ2v) is 5.55. The first-order valence-electron chi connectivity index (χ1n) is 7.75. The fourth-order valence-corrected chi connectivity index (χ4v) is 2.60. The molecule has 1 aliphatic rings. The van der Waals surface area contributed by atoms with Gasteiger partial charge < -0.3 is 19.5 Å². The molecule has 1 aromatic heterocycles. The van der Waals surface area contributed by atoms with Gasteiger partial charge in [0.2, 0.25) is 11.8 Å². The molecular weight excluding hydrogens is 335 g/mol. The number of ether oxygens (including phenoxy) is 3. The molecule has 8 nitrogen and oxygen atoms in total. The zero-order valence-electron chi connectivity index (χ0n) is 13.9. The van der Waals surface area contributed by atoms with Crippen LogP contribution in [-0.4, -0.2) is 43.2 Å². The smallest absolute Gasteiger partial charge is 0.396 e. The number of anilines is 1. The van der Waals surface area contributed by atoms with E-state index in [9.17, 15) is 18.8 Å². The molecular formula is C16H19FN2O6. The van der Waals surface area contributed by atoms with E-state index in [0.29, 0.717) is 25.7 Å². The Labute approximate surface area is 143 Å². The number of carbonyl (C=O) groups is 3. The molecule has 25 heavy (non-hydrogen) atoms. The van der Waals surface area contributed by atoms with Gasteiger partial charge in [-0.15, -0.1) is 0 Å². The number of esters is 2. The summed E-state index contributed by atoms with van der Waals surface area (Å²) in [5, 5.41) is 2.06. The molecule has 0 radical (unpaired) electrons. The standard InChI is InChI=1S/C16H19FN2O6/c1-23-15(21)9-3-5-10(6-4-9)25-12-8-7-11(13(17)19-12)18-14(20)16(22)24-2/h7-10H,3-6H2,1-2H3,(H,18,20)/t9-,10-. The molecule has 0 unspecified atom stereocenters. The number of hydrogen-bond donors (Lipinski definition) is 1. The highest BCUT2D eigenvalue weighted by Gasteiger charge is 2.28. The first-order valence-corrected chi connectivity index (χ1v) is 7.75. The van der Waals surface area contributed by atoms with Crippen LogP contribution in [0.4, 0.5) is 10.1 Å². The molecule has 9 heteroatoms. The number of methoxy groups -OCH3 is 2. The molecule has 1 aromatic rings. The third kappa shape index (κ3) is 4.88. The van der Waals surface area contributed by atoms with Gasteiger partial charge in [0.25, 0.3) is 0 Å². The van der Waals surface area contributed by atoms with Gasteiger partial charge in [-0.1, -0.05) is 0 Å². The summed E-state index contributed by atoms with van der Waals surface area (Å²) in [5.41, 5.74) is -0.253. The lowest BCUT2D eigenvalue weighted by molar-refractivity contribution is -0.150. The van der Waals surface area contributed by atoms with E-state index in [0.717, 1.165) is 7.11 Å². The van der Waals surface area contributed by atoms with Crippen LogP contribution in [0.15, 0.2) is 12.1 Å². The van der Waals surface area contributed by atoms with Crippen LogP contribution in [0.1, 0.15) is 25.7 Å². The Balaban J connectivity index is 1.92. The second kappa shape index (κ2) is 8.41. The third-order valence-corrected chi connectivity index (χ3v) is 3.94. The molecule has 0 atom stereocenters. The zero-order valence-corrected chi connectivity index (χ0v) is 13.9. The predicted molar refractivity (Wildman–Crippen MR) is 83.2 cm³/mol. The number of hydrogen-bond acceptors (Lipinski definition) is 7. The highest BCUT2D eigenvalue weighted by atomic mass is 19.1. The van der Waals surface area contributed by atoms with Gasteiger partial charge in [-0.05, 0) is 31.7 Å². The Morgan fingerprint density at radius 1 is 1.12 bits per heavy atom. The minimum absolute atomic E-state index is 0.0649. The number of pyridine rings is 1. The average Bonchev–Trinajstić information content (AvgIpc) is 2.63. The van der Waals surface area contributed by atoms with Crippen LogP contribution in [0.5, 0.6) is 5.88 Å². The molecule has 1 aliphatic carbocycles. The Morgan fingerprint density at radius 2 is 1.80 bits per heavy atom. The van der Waals surface area contributed by atoms with Gasteiger partial charge in [0.1, 0.15) is 6.10 Å². The largest absolute Gasteiger partial charge is 0.474 e. The van der Waals surface area contributed by atoms with E-state index < -0.39 is 17.8 Å². The summed E-state index contributed by atoms with van der Waals surface area (Å²) >= 11 is 0. The molecule has 2 rings (SSSR count). The molecule has 0 saturated heterocycles. The number of nitrogens with zero attached hydrogens (tertiary/aromatic N) is 1. The number of nitrogens with one attached hydrogen (secondary N) is 1. The zero-order chi connectivity index (χ0) is 18.4. The maximum absolute atomic E-state index is 13.9. The van der Waals surface area contributed by atoms with Crippen LogP contribution in [0, 0.1) is 11.9 Å². The fourth-order valence-electron chi connectivity index (χ4n) is 2.60. The monoisotopic (exact) mass is 354 g/mol. The second-order valence-electron chi connectivity index (χ2n) is 5.55. The van der Waals surface area contributed by atoms with E-state index in [2.05, 4.69) is 15.0 Å². The predicted octanol–water partition coefficient (Wildman–Crippen LogP) is 1.44. The van der Waals surface area contributed by atoms with Crippen molar-refractivity contribution in [3.8, 4) is 5.88 Å². The van der Waals surface area contributed by atoms with Crippen LogP contribution in [-0.2, 0) is 23.9 Å². The van der Waals surface area contributed by atoms with Gasteiger partial charge in [0.05, 0.1) is 25.8 Å². The highest BCUT2D eigenvalue weighted by Crippen LogP contribution is 2.28. The van der Waals surface area contributed by atoms with Crippen molar-refractivity contribution in [1.29, 1.82) is 0 Å². The van der Waals surface area contributed by atoms with Gasteiger partial charge in [-0.2, -0.15) is 9.37 Å². The molecule has 0 bridgehead atoms. The number of amides is 1. The maximum atomic E-state index is 13.9. The fraction of sp³-hybridized carbons (Fsp3) is 0.500. The Morgan fingerprint density at radius 3 is 2.36 bits per heavy atom. The molecule has 1 N–H and O–H groups in total. The number of aromatic nitrogens is 1. The molecule has 136 valence electrons. The minimum Gasteiger partial charge on any atom is -0.474 e. The van der Waals surface area contributed by atoms with Crippen molar-refractivity contribution >= 4 is 23.5 Å². The van der Waals surface area contributed by atoms with Gasteiger partial charge in [0, 0.05) is 6.07 Å². The van der Waals surface area contributed by atoms with Gasteiger partial charge in [-0.3, -0.25) is 9.59 Å². The lowest BCUT2D eigenvalue weighted by atomic mass is 9.87. The first-order chi connectivity index (χ1) is 11.9. The molecule has 0 spiro atoms. The summed E-state index contributed by atoms with van der Waals surface area (Å²) in [6.07, 6.45) is 2.34. The summed E-state index contributed by atoms with van der Waals surface area (Å²) in [5.74, 6) is -3.51. The molecule has 1 amide bonds. The van der Waals surface area contributed by atoms with Gasteiger partial charge in [-0.25, -0.2) is 4.79 Å². The summed E-state index contributed by atoms with van der Waals surface area (Å²) < 4.78 is 28.5. The Kier molecular flexibility index (Phi) is 6.26. The molecule has 1 fully saturated rings. The van der Waals surface area contributed by atoms with Crippen molar-refractivity contribution in [2.45, 2.75) is 31.8 Å². The van der Waals surface area contributed by atoms with Crippen molar-refractivity contribution in [3.05, 3.63) is 18.1 Å². The van der Waals surface area contributed by atoms with Crippen LogP contribution < -0.4 is 10.1 Å². The van der Waals surface area contributed by atoms with Gasteiger partial charge in [0.15, 0.2) is 0 Å². The van der Waals surface area contributed by atoms with Crippen molar-refractivity contribution in [1.82, 2.24) is 4.98 Å². The van der Waals surface area contributed by atoms with Gasteiger partial charge >= 0.3 is 17.8 Å². The van der Waals surface area contributed by atoms with E-state index in [4.69, 9.17) is 9.47 Å². The van der Waals surface area contributed by atoms with E-state index in [1.54, 1.807) is 0 Å². The van der Waals surface area contributed by atoms with Crippen LogP contribution in [0.2, 0.25) is 0 Å². The Hall–Kier alpha value is -2.71. The van der Waals surface area contributed by atoms with E-state index in [1.165, 1.54) is 19.2 Å². The topological polar surface area (TPSA) is 104 Å². The maximum Gasteiger partial charge on any atom is 0.396 e. The third-order valence-electron chi connectivity index (χ3n) is 3.94. The Bertz CT molecular complexity index is 658. The molecule has 1 heterocycles. The normalized spacial score (nSPS) is 19.6.